The summed E-state index contributed by atoms with van der Waals surface area (Å²) in [6.45, 7) is 0.488. The summed E-state index contributed by atoms with van der Waals surface area (Å²) in [4.78, 5) is 12.0. The Labute approximate surface area is 117 Å². The Balaban J connectivity index is 1.62. The lowest BCUT2D eigenvalue weighted by Crippen LogP contribution is -2.38. The highest BCUT2D eigenvalue weighted by Gasteiger charge is 2.28. The number of nitrogens with one attached hydrogen (secondary N) is 1. The van der Waals surface area contributed by atoms with Gasteiger partial charge in [0.25, 0.3) is 5.91 Å². The molecular weight excluding hydrogens is 254 g/mol. The molecule has 6 heteroatoms. The molecule has 0 bridgehead atoms. The van der Waals surface area contributed by atoms with Crippen molar-refractivity contribution in [2.45, 2.75) is 18.9 Å². The lowest BCUT2D eigenvalue weighted by Gasteiger charge is -2.10. The number of amides is 1. The van der Waals surface area contributed by atoms with Gasteiger partial charge in [0.15, 0.2) is 5.69 Å². The molecule has 1 atom stereocenters. The minimum absolute atomic E-state index is 0.0446. The minimum Gasteiger partial charge on any atom is -0.349 e. The van der Waals surface area contributed by atoms with E-state index in [-0.39, 0.29) is 11.9 Å². The van der Waals surface area contributed by atoms with Crippen LogP contribution >= 0.6 is 0 Å². The highest BCUT2D eigenvalue weighted by molar-refractivity contribution is 5.91. The molecule has 1 amide bonds. The topological polar surface area (TPSA) is 85.8 Å². The third kappa shape index (κ3) is 2.85. The number of carbonyl (C=O) groups excluding carboxylic acids is 1. The molecule has 0 radical (unpaired) electrons. The van der Waals surface area contributed by atoms with Crippen molar-refractivity contribution >= 4 is 5.91 Å². The Morgan fingerprint density at radius 2 is 2.15 bits per heavy atom. The first-order valence-corrected chi connectivity index (χ1v) is 6.75. The third-order valence-corrected chi connectivity index (χ3v) is 3.47. The first kappa shape index (κ1) is 12.8. The Bertz CT molecular complexity index is 591. The fourth-order valence-corrected chi connectivity index (χ4v) is 2.07. The second kappa shape index (κ2) is 5.42. The Morgan fingerprint density at radius 1 is 1.40 bits per heavy atom. The van der Waals surface area contributed by atoms with Gasteiger partial charge in [0.05, 0.1) is 11.9 Å². The molecule has 0 aliphatic heterocycles. The predicted octanol–water partition coefficient (Wildman–Crippen LogP) is 0.734. The average molecular weight is 271 g/mol. The van der Waals surface area contributed by atoms with E-state index in [1.165, 1.54) is 12.8 Å². The van der Waals surface area contributed by atoms with E-state index in [4.69, 9.17) is 5.73 Å². The quantitative estimate of drug-likeness (QED) is 0.839. The van der Waals surface area contributed by atoms with Crippen molar-refractivity contribution in [2.75, 3.05) is 6.54 Å². The van der Waals surface area contributed by atoms with E-state index in [0.717, 1.165) is 5.69 Å². The van der Waals surface area contributed by atoms with E-state index in [2.05, 4.69) is 15.6 Å². The van der Waals surface area contributed by atoms with Crippen molar-refractivity contribution in [1.82, 2.24) is 20.3 Å². The predicted molar refractivity (Wildman–Crippen MR) is 74.4 cm³/mol. The molecule has 0 saturated heterocycles. The lowest BCUT2D eigenvalue weighted by molar-refractivity contribution is 0.0945. The summed E-state index contributed by atoms with van der Waals surface area (Å²) in [7, 11) is 0. The van der Waals surface area contributed by atoms with Gasteiger partial charge in [-0.25, -0.2) is 4.68 Å². The maximum atomic E-state index is 12.0. The van der Waals surface area contributed by atoms with Crippen LogP contribution < -0.4 is 11.1 Å². The number of benzene rings is 1. The van der Waals surface area contributed by atoms with Gasteiger partial charge in [0.1, 0.15) is 0 Å². The molecule has 3 N–H and O–H groups in total. The molecule has 3 rings (SSSR count). The number of hydrogen-bond acceptors (Lipinski definition) is 4. The second-order valence-electron chi connectivity index (χ2n) is 5.10. The van der Waals surface area contributed by atoms with Gasteiger partial charge < -0.3 is 11.1 Å². The number of para-hydroxylation sites is 1. The number of aromatic nitrogens is 3. The maximum Gasteiger partial charge on any atom is 0.273 e. The fourth-order valence-electron chi connectivity index (χ4n) is 2.07. The Morgan fingerprint density at radius 3 is 2.85 bits per heavy atom. The number of nitrogens with two attached hydrogens (primary N) is 1. The van der Waals surface area contributed by atoms with E-state index >= 15 is 0 Å². The van der Waals surface area contributed by atoms with E-state index in [0.29, 0.717) is 18.2 Å². The molecule has 20 heavy (non-hydrogen) atoms. The van der Waals surface area contributed by atoms with Crippen LogP contribution in [0.1, 0.15) is 23.3 Å². The summed E-state index contributed by atoms with van der Waals surface area (Å²) in [5, 5.41) is 10.7. The van der Waals surface area contributed by atoms with Gasteiger partial charge in [0.2, 0.25) is 0 Å². The van der Waals surface area contributed by atoms with Crippen LogP contribution in [0.5, 0.6) is 0 Å². The first-order chi connectivity index (χ1) is 9.74. The van der Waals surface area contributed by atoms with Gasteiger partial charge in [-0.15, -0.1) is 5.10 Å². The fraction of sp³-hybridized carbons (Fsp3) is 0.357. The molecule has 1 saturated carbocycles. The molecule has 1 unspecified atom stereocenters. The smallest absolute Gasteiger partial charge is 0.273 e. The van der Waals surface area contributed by atoms with Gasteiger partial charge in [-0.05, 0) is 30.9 Å². The van der Waals surface area contributed by atoms with Gasteiger partial charge in [-0.3, -0.25) is 4.79 Å². The Hall–Kier alpha value is -2.21. The van der Waals surface area contributed by atoms with Crippen LogP contribution in [-0.2, 0) is 0 Å². The van der Waals surface area contributed by atoms with Crippen LogP contribution in [0.2, 0.25) is 0 Å². The second-order valence-corrected chi connectivity index (χ2v) is 5.10. The summed E-state index contributed by atoms with van der Waals surface area (Å²) in [6.07, 6.45) is 3.95. The molecule has 1 fully saturated rings. The molecule has 2 aromatic rings. The minimum atomic E-state index is -0.233. The highest BCUT2D eigenvalue weighted by atomic mass is 16.2. The summed E-state index contributed by atoms with van der Waals surface area (Å²) < 4.78 is 1.58. The van der Waals surface area contributed by atoms with Crippen LogP contribution in [0.4, 0.5) is 0 Å². The van der Waals surface area contributed by atoms with Gasteiger partial charge in [0, 0.05) is 12.6 Å². The highest BCUT2D eigenvalue weighted by Crippen LogP contribution is 2.31. The lowest BCUT2D eigenvalue weighted by atomic mass is 10.2. The molecule has 1 heterocycles. The van der Waals surface area contributed by atoms with E-state index in [1.807, 2.05) is 30.3 Å². The normalized spacial score (nSPS) is 15.8. The van der Waals surface area contributed by atoms with Crippen LogP contribution in [0.25, 0.3) is 5.69 Å². The van der Waals surface area contributed by atoms with E-state index < -0.39 is 0 Å². The van der Waals surface area contributed by atoms with Crippen LogP contribution in [0.3, 0.4) is 0 Å². The van der Waals surface area contributed by atoms with Crippen molar-refractivity contribution < 1.29 is 4.79 Å². The van der Waals surface area contributed by atoms with Crippen molar-refractivity contribution in [3.8, 4) is 5.69 Å². The molecular formula is C14H17N5O. The van der Waals surface area contributed by atoms with Crippen molar-refractivity contribution in [1.29, 1.82) is 0 Å². The number of hydrogen-bond donors (Lipinski definition) is 2. The Kier molecular flexibility index (Phi) is 3.47. The average Bonchev–Trinajstić information content (AvgIpc) is 3.22. The monoisotopic (exact) mass is 271 g/mol. The zero-order valence-corrected chi connectivity index (χ0v) is 11.1. The molecule has 1 aliphatic rings. The molecule has 1 aliphatic carbocycles. The molecule has 0 spiro atoms. The summed E-state index contributed by atoms with van der Waals surface area (Å²) in [5.41, 5.74) is 7.12. The summed E-state index contributed by atoms with van der Waals surface area (Å²) in [5.74, 6) is 0.332. The largest absolute Gasteiger partial charge is 0.349 e. The number of rotatable bonds is 5. The third-order valence-electron chi connectivity index (χ3n) is 3.47. The molecule has 6 nitrogen and oxygen atoms in total. The first-order valence-electron chi connectivity index (χ1n) is 6.75. The summed E-state index contributed by atoms with van der Waals surface area (Å²) >= 11 is 0. The van der Waals surface area contributed by atoms with Crippen molar-refractivity contribution in [3.63, 3.8) is 0 Å². The summed E-state index contributed by atoms with van der Waals surface area (Å²) in [6, 6.07) is 9.59. The van der Waals surface area contributed by atoms with Gasteiger partial charge in [-0.1, -0.05) is 23.4 Å². The van der Waals surface area contributed by atoms with Gasteiger partial charge >= 0.3 is 0 Å². The molecule has 104 valence electrons. The zero-order chi connectivity index (χ0) is 13.9. The van der Waals surface area contributed by atoms with Crippen molar-refractivity contribution in [2.24, 2.45) is 11.7 Å². The van der Waals surface area contributed by atoms with Crippen LogP contribution in [0, 0.1) is 5.92 Å². The van der Waals surface area contributed by atoms with Crippen molar-refractivity contribution in [3.05, 3.63) is 42.2 Å². The van der Waals surface area contributed by atoms with Gasteiger partial charge in [-0.2, -0.15) is 0 Å². The maximum absolute atomic E-state index is 12.0. The molecule has 1 aromatic heterocycles. The number of nitrogens with zero attached hydrogens (tertiary/aromatic N) is 3. The zero-order valence-electron chi connectivity index (χ0n) is 11.1. The van der Waals surface area contributed by atoms with E-state index in [1.54, 1.807) is 10.9 Å². The SMILES string of the molecule is NC(CNC(=O)c1cn(-c2ccccc2)nn1)C1CC1. The standard InChI is InChI=1S/C14H17N5O/c15-12(10-6-7-10)8-16-14(20)13-9-19(18-17-13)11-4-2-1-3-5-11/h1-5,9-10,12H,6-8,15H2,(H,16,20). The van der Waals surface area contributed by atoms with Crippen LogP contribution in [0.15, 0.2) is 36.5 Å². The molecule has 1 aromatic carbocycles. The van der Waals surface area contributed by atoms with Crippen LogP contribution in [-0.4, -0.2) is 33.5 Å². The number of carbonyl (C=O) groups is 1. The van der Waals surface area contributed by atoms with E-state index in [9.17, 15) is 4.79 Å².